The smallest absolute Gasteiger partial charge is 0.311 e. The van der Waals surface area contributed by atoms with Crippen molar-refractivity contribution in [3.63, 3.8) is 0 Å². The minimum absolute atomic E-state index is 0.0348. The number of nitrogens with zero attached hydrogens (tertiary/aromatic N) is 4. The minimum atomic E-state index is -0.735. The molecule has 0 atom stereocenters. The maximum absolute atomic E-state index is 11.4. The summed E-state index contributed by atoms with van der Waals surface area (Å²) in [5, 5.41) is 26.1. The highest BCUT2D eigenvalue weighted by atomic mass is 16.6. The van der Waals surface area contributed by atoms with Crippen LogP contribution in [0.1, 0.15) is 11.4 Å². The molecule has 0 spiro atoms. The number of ether oxygens (including phenoxy) is 1. The van der Waals surface area contributed by atoms with Crippen LogP contribution in [0.4, 0.5) is 11.4 Å². The number of non-ortho nitro benzene ring substituents is 1. The highest BCUT2D eigenvalue weighted by Gasteiger charge is 2.23. The number of hydrogen-bond acceptors (Lipinski definition) is 7. The van der Waals surface area contributed by atoms with Crippen LogP contribution in [0.5, 0.6) is 0 Å². The van der Waals surface area contributed by atoms with Gasteiger partial charge in [0.05, 0.1) is 40.8 Å². The predicted octanol–water partition coefficient (Wildman–Crippen LogP) is 1.71. The number of aromatic nitrogens is 2. The molecule has 0 aliphatic rings. The Hall–Kier alpha value is -3.30. The lowest BCUT2D eigenvalue weighted by molar-refractivity contribution is -0.394. The van der Waals surface area contributed by atoms with Crippen molar-refractivity contribution in [3.8, 4) is 5.69 Å². The molecule has 10 heteroatoms. The van der Waals surface area contributed by atoms with Crippen molar-refractivity contribution in [1.82, 2.24) is 9.78 Å². The molecule has 0 radical (unpaired) electrons. The van der Waals surface area contributed by atoms with E-state index in [9.17, 15) is 25.0 Å². The van der Waals surface area contributed by atoms with Crippen LogP contribution in [0.3, 0.4) is 0 Å². The molecule has 1 aromatic carbocycles. The molecule has 0 aliphatic carbocycles. The molecule has 0 fully saturated rings. The molecule has 23 heavy (non-hydrogen) atoms. The molecule has 0 bridgehead atoms. The first-order chi connectivity index (χ1) is 10.8. The first-order valence-electron chi connectivity index (χ1n) is 6.39. The predicted molar refractivity (Wildman–Crippen MR) is 77.3 cm³/mol. The molecule has 2 rings (SSSR count). The van der Waals surface area contributed by atoms with Gasteiger partial charge in [-0.05, 0) is 19.1 Å². The topological polar surface area (TPSA) is 130 Å². The molecule has 0 unspecified atom stereocenters. The average Bonchev–Trinajstić information content (AvgIpc) is 2.86. The molecule has 1 heterocycles. The van der Waals surface area contributed by atoms with Gasteiger partial charge in [-0.3, -0.25) is 25.0 Å². The van der Waals surface area contributed by atoms with E-state index in [-0.39, 0.29) is 12.1 Å². The fourth-order valence-corrected chi connectivity index (χ4v) is 2.06. The summed E-state index contributed by atoms with van der Waals surface area (Å²) in [5.74, 6) is -0.532. The molecule has 0 aliphatic heterocycles. The van der Waals surface area contributed by atoms with Gasteiger partial charge >= 0.3 is 11.7 Å². The standard InChI is InChI=1S/C13H12N4O6/c1-8-5-10(7-13(18)23-2)15(14-8)11-4-3-9(16(19)20)6-12(11)17(21)22/h3-6H,7H2,1-2H3. The van der Waals surface area contributed by atoms with Gasteiger partial charge in [-0.15, -0.1) is 0 Å². The number of esters is 1. The van der Waals surface area contributed by atoms with Crippen LogP contribution in [0.15, 0.2) is 24.3 Å². The van der Waals surface area contributed by atoms with Crippen molar-refractivity contribution >= 4 is 17.3 Å². The van der Waals surface area contributed by atoms with Crippen molar-refractivity contribution in [2.24, 2.45) is 0 Å². The summed E-state index contributed by atoms with van der Waals surface area (Å²) in [6, 6.07) is 4.81. The summed E-state index contributed by atoms with van der Waals surface area (Å²) in [7, 11) is 1.23. The van der Waals surface area contributed by atoms with Gasteiger partial charge in [-0.2, -0.15) is 5.10 Å². The summed E-state index contributed by atoms with van der Waals surface area (Å²) in [4.78, 5) is 32.0. The number of nitro groups is 2. The van der Waals surface area contributed by atoms with Crippen LogP contribution in [0.2, 0.25) is 0 Å². The summed E-state index contributed by atoms with van der Waals surface area (Å²) >= 11 is 0. The normalized spacial score (nSPS) is 10.3. The van der Waals surface area contributed by atoms with Crippen LogP contribution < -0.4 is 0 Å². The van der Waals surface area contributed by atoms with Crippen LogP contribution >= 0.6 is 0 Å². The van der Waals surface area contributed by atoms with Gasteiger partial charge in [0.2, 0.25) is 0 Å². The van der Waals surface area contributed by atoms with E-state index in [1.54, 1.807) is 13.0 Å². The van der Waals surface area contributed by atoms with Gasteiger partial charge in [-0.1, -0.05) is 0 Å². The molecule has 120 valence electrons. The molecule has 0 saturated carbocycles. The monoisotopic (exact) mass is 320 g/mol. The Balaban J connectivity index is 2.60. The van der Waals surface area contributed by atoms with E-state index in [0.717, 1.165) is 12.1 Å². The van der Waals surface area contributed by atoms with Gasteiger partial charge < -0.3 is 4.74 Å². The van der Waals surface area contributed by atoms with Crippen molar-refractivity contribution < 1.29 is 19.4 Å². The van der Waals surface area contributed by atoms with Gasteiger partial charge in [0.15, 0.2) is 0 Å². The minimum Gasteiger partial charge on any atom is -0.469 e. The number of aryl methyl sites for hydroxylation is 1. The third-order valence-corrected chi connectivity index (χ3v) is 3.05. The first kappa shape index (κ1) is 16.1. The molecular weight excluding hydrogens is 308 g/mol. The molecule has 1 aromatic heterocycles. The average molecular weight is 320 g/mol. The van der Waals surface area contributed by atoms with Crippen molar-refractivity contribution in [1.29, 1.82) is 0 Å². The van der Waals surface area contributed by atoms with E-state index in [4.69, 9.17) is 0 Å². The molecule has 10 nitrogen and oxygen atoms in total. The maximum Gasteiger partial charge on any atom is 0.311 e. The molecule has 0 amide bonds. The number of nitro benzene ring substituents is 2. The van der Waals surface area contributed by atoms with E-state index in [2.05, 4.69) is 9.84 Å². The van der Waals surface area contributed by atoms with Crippen LogP contribution in [0, 0.1) is 27.2 Å². The number of rotatable bonds is 5. The summed E-state index contributed by atoms with van der Waals surface area (Å²) in [5.41, 5.74) is 0.0720. The van der Waals surface area contributed by atoms with E-state index >= 15 is 0 Å². The third kappa shape index (κ3) is 3.31. The Morgan fingerprint density at radius 1 is 1.26 bits per heavy atom. The first-order valence-corrected chi connectivity index (χ1v) is 6.39. The summed E-state index contributed by atoms with van der Waals surface area (Å²) in [6.45, 7) is 1.66. The largest absolute Gasteiger partial charge is 0.469 e. The zero-order valence-electron chi connectivity index (χ0n) is 12.3. The second kappa shape index (κ2) is 6.22. The van der Waals surface area contributed by atoms with Crippen LogP contribution in [-0.2, 0) is 16.0 Å². The highest BCUT2D eigenvalue weighted by molar-refractivity contribution is 5.72. The lowest BCUT2D eigenvalue weighted by atomic mass is 10.2. The molecule has 0 saturated heterocycles. The molecular formula is C13H12N4O6. The van der Waals surface area contributed by atoms with E-state index < -0.39 is 27.2 Å². The third-order valence-electron chi connectivity index (χ3n) is 3.05. The Morgan fingerprint density at radius 2 is 1.96 bits per heavy atom. The van der Waals surface area contributed by atoms with Crippen LogP contribution in [-0.4, -0.2) is 32.7 Å². The maximum atomic E-state index is 11.4. The Bertz CT molecular complexity index is 798. The van der Waals surface area contributed by atoms with E-state index in [1.165, 1.54) is 17.9 Å². The zero-order chi connectivity index (χ0) is 17.1. The van der Waals surface area contributed by atoms with Crippen molar-refractivity contribution in [3.05, 3.63) is 55.9 Å². The van der Waals surface area contributed by atoms with Gasteiger partial charge in [0.25, 0.3) is 5.69 Å². The van der Waals surface area contributed by atoms with Crippen molar-refractivity contribution in [2.45, 2.75) is 13.3 Å². The van der Waals surface area contributed by atoms with Crippen LogP contribution in [0.25, 0.3) is 5.69 Å². The fourth-order valence-electron chi connectivity index (χ4n) is 2.06. The lowest BCUT2D eigenvalue weighted by Gasteiger charge is -2.07. The highest BCUT2D eigenvalue weighted by Crippen LogP contribution is 2.28. The number of benzene rings is 1. The van der Waals surface area contributed by atoms with Gasteiger partial charge in [-0.25, -0.2) is 4.68 Å². The Kier molecular flexibility index (Phi) is 4.35. The molecule has 2 aromatic rings. The SMILES string of the molecule is COC(=O)Cc1cc(C)nn1-c1ccc([N+](=O)[O-])cc1[N+](=O)[O-]. The molecule has 0 N–H and O–H groups in total. The number of carbonyl (C=O) groups is 1. The lowest BCUT2D eigenvalue weighted by Crippen LogP contribution is -2.11. The van der Waals surface area contributed by atoms with E-state index in [0.29, 0.717) is 11.4 Å². The fraction of sp³-hybridized carbons (Fsp3) is 0.231. The number of hydrogen-bond donors (Lipinski definition) is 0. The number of methoxy groups -OCH3 is 1. The number of carbonyl (C=O) groups excluding carboxylic acids is 1. The van der Waals surface area contributed by atoms with Crippen molar-refractivity contribution in [2.75, 3.05) is 7.11 Å². The second-order valence-electron chi connectivity index (χ2n) is 4.63. The zero-order valence-corrected chi connectivity index (χ0v) is 12.3. The second-order valence-corrected chi connectivity index (χ2v) is 4.63. The van der Waals surface area contributed by atoms with Gasteiger partial charge in [0.1, 0.15) is 5.69 Å². The summed E-state index contributed by atoms with van der Waals surface area (Å²) < 4.78 is 5.80. The Labute approximate surface area is 129 Å². The summed E-state index contributed by atoms with van der Waals surface area (Å²) in [6.07, 6.45) is -0.133. The van der Waals surface area contributed by atoms with Gasteiger partial charge in [0, 0.05) is 6.07 Å². The van der Waals surface area contributed by atoms with E-state index in [1.807, 2.05) is 0 Å². The Morgan fingerprint density at radius 3 is 2.52 bits per heavy atom. The quantitative estimate of drug-likeness (QED) is 0.465.